The third kappa shape index (κ3) is 4.69. The molecule has 0 radical (unpaired) electrons. The lowest BCUT2D eigenvalue weighted by atomic mass is 10.1. The molecule has 0 N–H and O–H groups in total. The van der Waals surface area contributed by atoms with Crippen molar-refractivity contribution in [2.45, 2.75) is 53.3 Å². The van der Waals surface area contributed by atoms with Crippen LogP contribution in [0, 0.1) is 18.8 Å². The zero-order chi connectivity index (χ0) is 15.3. The van der Waals surface area contributed by atoms with Crippen molar-refractivity contribution < 1.29 is 0 Å². The standard InChI is InChI=1S/C16H30ClN3/c1-12(2)7-9-20(10-8-13(3)4)16-15(11-17)14(5)18-19(16)6/h12-13H,7-11H2,1-6H3. The van der Waals surface area contributed by atoms with Crippen molar-refractivity contribution in [3.63, 3.8) is 0 Å². The van der Waals surface area contributed by atoms with Gasteiger partial charge in [-0.25, -0.2) is 0 Å². The van der Waals surface area contributed by atoms with E-state index in [1.165, 1.54) is 24.2 Å². The van der Waals surface area contributed by atoms with E-state index < -0.39 is 0 Å². The summed E-state index contributed by atoms with van der Waals surface area (Å²) in [5.41, 5.74) is 2.23. The highest BCUT2D eigenvalue weighted by Crippen LogP contribution is 2.26. The molecule has 0 bridgehead atoms. The normalized spacial score (nSPS) is 11.7. The van der Waals surface area contributed by atoms with Gasteiger partial charge in [0.25, 0.3) is 0 Å². The van der Waals surface area contributed by atoms with Crippen molar-refractivity contribution in [1.82, 2.24) is 9.78 Å². The summed E-state index contributed by atoms with van der Waals surface area (Å²) in [6, 6.07) is 0. The van der Waals surface area contributed by atoms with Crippen LogP contribution in [-0.4, -0.2) is 22.9 Å². The van der Waals surface area contributed by atoms with E-state index >= 15 is 0 Å². The summed E-state index contributed by atoms with van der Waals surface area (Å²) in [7, 11) is 2.02. The van der Waals surface area contributed by atoms with Crippen molar-refractivity contribution in [3.05, 3.63) is 11.3 Å². The second-order valence-electron chi connectivity index (χ2n) is 6.50. The third-order valence-electron chi connectivity index (χ3n) is 3.70. The Bertz CT molecular complexity index is 398. The largest absolute Gasteiger partial charge is 0.357 e. The SMILES string of the molecule is Cc1nn(C)c(N(CCC(C)C)CCC(C)C)c1CCl. The number of halogens is 1. The molecule has 0 aromatic carbocycles. The fraction of sp³-hybridized carbons (Fsp3) is 0.812. The molecule has 1 aromatic rings. The molecule has 0 unspecified atom stereocenters. The van der Waals surface area contributed by atoms with Crippen LogP contribution in [0.5, 0.6) is 0 Å². The molecule has 0 atom stereocenters. The maximum absolute atomic E-state index is 6.14. The lowest BCUT2D eigenvalue weighted by Gasteiger charge is -2.27. The number of nitrogens with zero attached hydrogens (tertiary/aromatic N) is 3. The molecule has 0 aliphatic rings. The Morgan fingerprint density at radius 3 is 2.00 bits per heavy atom. The summed E-state index contributed by atoms with van der Waals surface area (Å²) in [6.07, 6.45) is 2.40. The minimum Gasteiger partial charge on any atom is -0.357 e. The van der Waals surface area contributed by atoms with Crippen LogP contribution in [0.3, 0.4) is 0 Å². The van der Waals surface area contributed by atoms with Gasteiger partial charge >= 0.3 is 0 Å². The van der Waals surface area contributed by atoms with Crippen LogP contribution < -0.4 is 4.90 Å². The van der Waals surface area contributed by atoms with Crippen LogP contribution in [0.25, 0.3) is 0 Å². The first-order valence-electron chi connectivity index (χ1n) is 7.70. The maximum atomic E-state index is 6.14. The van der Waals surface area contributed by atoms with E-state index in [0.717, 1.165) is 18.8 Å². The van der Waals surface area contributed by atoms with Crippen molar-refractivity contribution in [1.29, 1.82) is 0 Å². The molecule has 20 heavy (non-hydrogen) atoms. The van der Waals surface area contributed by atoms with Gasteiger partial charge in [-0.2, -0.15) is 5.10 Å². The minimum absolute atomic E-state index is 0.537. The summed E-state index contributed by atoms with van der Waals surface area (Å²) in [5, 5.41) is 4.55. The maximum Gasteiger partial charge on any atom is 0.131 e. The molecule has 116 valence electrons. The average molecular weight is 300 g/mol. The van der Waals surface area contributed by atoms with Crippen LogP contribution >= 0.6 is 11.6 Å². The Kier molecular flexibility index (Phi) is 6.87. The van der Waals surface area contributed by atoms with Crippen molar-refractivity contribution in [2.24, 2.45) is 18.9 Å². The number of alkyl halides is 1. The van der Waals surface area contributed by atoms with E-state index in [0.29, 0.717) is 17.7 Å². The molecule has 0 saturated carbocycles. The van der Waals surface area contributed by atoms with Gasteiger partial charge in [-0.3, -0.25) is 4.68 Å². The highest BCUT2D eigenvalue weighted by atomic mass is 35.5. The van der Waals surface area contributed by atoms with Crippen LogP contribution in [0.1, 0.15) is 51.8 Å². The van der Waals surface area contributed by atoms with Crippen LogP contribution in [0.2, 0.25) is 0 Å². The van der Waals surface area contributed by atoms with Gasteiger partial charge in [0.15, 0.2) is 0 Å². The van der Waals surface area contributed by atoms with E-state index in [4.69, 9.17) is 11.6 Å². The number of aryl methyl sites for hydroxylation is 2. The van der Waals surface area contributed by atoms with Crippen LogP contribution in [-0.2, 0) is 12.9 Å². The number of rotatable bonds is 8. The van der Waals surface area contributed by atoms with Gasteiger partial charge in [0, 0.05) is 25.7 Å². The lowest BCUT2D eigenvalue weighted by molar-refractivity contribution is 0.526. The Balaban J connectivity index is 2.96. The zero-order valence-corrected chi connectivity index (χ0v) is 14.7. The van der Waals surface area contributed by atoms with Gasteiger partial charge in [-0.1, -0.05) is 27.7 Å². The molecule has 4 heteroatoms. The summed E-state index contributed by atoms with van der Waals surface area (Å²) in [5.74, 6) is 3.17. The summed E-state index contributed by atoms with van der Waals surface area (Å²) in [6.45, 7) is 13.3. The summed E-state index contributed by atoms with van der Waals surface area (Å²) < 4.78 is 1.99. The second-order valence-corrected chi connectivity index (χ2v) is 6.76. The minimum atomic E-state index is 0.537. The Hall–Kier alpha value is -0.700. The Morgan fingerprint density at radius 2 is 1.60 bits per heavy atom. The molecule has 0 spiro atoms. The summed E-state index contributed by atoms with van der Waals surface area (Å²) in [4.78, 5) is 2.47. The Morgan fingerprint density at radius 1 is 1.10 bits per heavy atom. The topological polar surface area (TPSA) is 21.1 Å². The molecule has 0 saturated heterocycles. The van der Waals surface area contributed by atoms with Gasteiger partial charge in [0.2, 0.25) is 0 Å². The lowest BCUT2D eigenvalue weighted by Crippen LogP contribution is -2.30. The van der Waals surface area contributed by atoms with E-state index in [1.54, 1.807) is 0 Å². The number of aromatic nitrogens is 2. The van der Waals surface area contributed by atoms with Gasteiger partial charge in [-0.15, -0.1) is 11.6 Å². The van der Waals surface area contributed by atoms with E-state index in [2.05, 4.69) is 37.7 Å². The van der Waals surface area contributed by atoms with Crippen molar-refractivity contribution >= 4 is 17.4 Å². The molecular weight excluding hydrogens is 270 g/mol. The monoisotopic (exact) mass is 299 g/mol. The molecule has 0 fully saturated rings. The van der Waals surface area contributed by atoms with Gasteiger partial charge < -0.3 is 4.90 Å². The van der Waals surface area contributed by atoms with E-state index in [-0.39, 0.29) is 0 Å². The van der Waals surface area contributed by atoms with Crippen molar-refractivity contribution in [2.75, 3.05) is 18.0 Å². The van der Waals surface area contributed by atoms with Gasteiger partial charge in [0.05, 0.1) is 11.6 Å². The zero-order valence-electron chi connectivity index (χ0n) is 13.9. The molecule has 1 rings (SSSR count). The van der Waals surface area contributed by atoms with E-state index in [9.17, 15) is 0 Å². The number of hydrogen-bond donors (Lipinski definition) is 0. The Labute approximate surface area is 129 Å². The first-order chi connectivity index (χ1) is 9.36. The molecule has 1 aromatic heterocycles. The summed E-state index contributed by atoms with van der Waals surface area (Å²) >= 11 is 6.14. The molecule has 3 nitrogen and oxygen atoms in total. The highest BCUT2D eigenvalue weighted by Gasteiger charge is 2.19. The second kappa shape index (κ2) is 7.92. The quantitative estimate of drug-likeness (QED) is 0.665. The highest BCUT2D eigenvalue weighted by molar-refractivity contribution is 6.17. The van der Waals surface area contributed by atoms with Crippen molar-refractivity contribution in [3.8, 4) is 0 Å². The smallest absolute Gasteiger partial charge is 0.131 e. The van der Waals surface area contributed by atoms with Crippen LogP contribution in [0.15, 0.2) is 0 Å². The molecule has 0 aliphatic carbocycles. The molecule has 0 aliphatic heterocycles. The van der Waals surface area contributed by atoms with Gasteiger partial charge in [-0.05, 0) is 31.6 Å². The van der Waals surface area contributed by atoms with Gasteiger partial charge in [0.1, 0.15) is 5.82 Å². The predicted molar refractivity (Wildman–Crippen MR) is 88.6 cm³/mol. The molecular formula is C16H30ClN3. The fourth-order valence-electron chi connectivity index (χ4n) is 2.39. The third-order valence-corrected chi connectivity index (χ3v) is 3.97. The number of anilines is 1. The number of hydrogen-bond acceptors (Lipinski definition) is 2. The first-order valence-corrected chi connectivity index (χ1v) is 8.23. The fourth-order valence-corrected chi connectivity index (χ4v) is 2.71. The molecule has 1 heterocycles. The predicted octanol–water partition coefficient (Wildman–Crippen LogP) is 4.37. The van der Waals surface area contributed by atoms with Crippen LogP contribution in [0.4, 0.5) is 5.82 Å². The first kappa shape index (κ1) is 17.4. The molecule has 0 amide bonds. The average Bonchev–Trinajstić information content (AvgIpc) is 2.63. The van der Waals surface area contributed by atoms with E-state index in [1.807, 2.05) is 18.7 Å².